The minimum absolute atomic E-state index is 0.0609. The van der Waals surface area contributed by atoms with E-state index in [1.807, 2.05) is 26.0 Å². The quantitative estimate of drug-likeness (QED) is 0.392. The summed E-state index contributed by atoms with van der Waals surface area (Å²) < 4.78 is 0. The molecule has 5 nitrogen and oxygen atoms in total. The van der Waals surface area contributed by atoms with Crippen LogP contribution in [-0.4, -0.2) is 44.2 Å². The van der Waals surface area contributed by atoms with Crippen LogP contribution in [0.25, 0.3) is 0 Å². The zero-order valence-corrected chi connectivity index (χ0v) is 22.8. The molecule has 3 fully saturated rings. The summed E-state index contributed by atoms with van der Waals surface area (Å²) in [6.45, 7) is 14.5. The highest BCUT2D eigenvalue weighted by molar-refractivity contribution is 5.78. The van der Waals surface area contributed by atoms with Gasteiger partial charge in [-0.15, -0.1) is 0 Å². The van der Waals surface area contributed by atoms with Crippen LogP contribution in [0.5, 0.6) is 0 Å². The molecule has 4 aliphatic carbocycles. The largest absolute Gasteiger partial charge is 0.481 e. The lowest BCUT2D eigenvalue weighted by Crippen LogP contribution is -2.66. The van der Waals surface area contributed by atoms with Crippen LogP contribution in [0.1, 0.15) is 93.4 Å². The van der Waals surface area contributed by atoms with Gasteiger partial charge in [-0.25, -0.2) is 0 Å². The van der Waals surface area contributed by atoms with E-state index in [-0.39, 0.29) is 22.7 Å². The van der Waals surface area contributed by atoms with E-state index in [2.05, 4.69) is 26.8 Å². The monoisotopic (exact) mass is 488 g/mol. The van der Waals surface area contributed by atoms with Crippen molar-refractivity contribution in [1.82, 2.24) is 0 Å². The molecular weight excluding hydrogens is 440 g/mol. The minimum Gasteiger partial charge on any atom is -0.481 e. The van der Waals surface area contributed by atoms with Gasteiger partial charge in [-0.05, 0) is 87.4 Å². The molecule has 0 bridgehead atoms. The van der Waals surface area contributed by atoms with Gasteiger partial charge in [-0.3, -0.25) is 4.79 Å². The molecule has 0 saturated heterocycles. The van der Waals surface area contributed by atoms with Gasteiger partial charge in [0.25, 0.3) is 0 Å². The Balaban J connectivity index is 1.74. The average molecular weight is 489 g/mol. The third-order valence-corrected chi connectivity index (χ3v) is 11.5. The molecule has 0 amide bonds. The van der Waals surface area contributed by atoms with Crippen LogP contribution in [-0.2, 0) is 4.79 Å². The molecule has 0 aliphatic heterocycles. The number of carboxylic acids is 1. The van der Waals surface area contributed by atoms with Crippen molar-refractivity contribution in [2.24, 2.45) is 45.3 Å². The molecule has 5 heteroatoms. The van der Waals surface area contributed by atoms with Gasteiger partial charge in [0.15, 0.2) is 0 Å². The fourth-order valence-electron chi connectivity index (χ4n) is 9.39. The van der Waals surface area contributed by atoms with Gasteiger partial charge in [-0.1, -0.05) is 58.4 Å². The summed E-state index contributed by atoms with van der Waals surface area (Å²) in [6.07, 6.45) is 10.1. The van der Waals surface area contributed by atoms with E-state index >= 15 is 0 Å². The molecule has 0 aromatic rings. The number of hydrogen-bond acceptors (Lipinski definition) is 4. The first-order valence-corrected chi connectivity index (χ1v) is 13.7. The van der Waals surface area contributed by atoms with E-state index in [1.165, 1.54) is 0 Å². The standard InChI is InChI=1S/C30H48O5/c1-18(9-8-13-26(2,3)35)19-12-14-29(7)24-22(31)17-21-20(10-11-23(32)27(21,4)5)30(24,25(33)34)16-15-28(19,29)6/h8,13,17-20,22-24,31-32,35H,9-12,14-16H2,1-7H3,(H,33,34)/b13-8+/t18-,19-,20?,22+,23+,24?,28-,29+,30-/m1/s1. The Morgan fingerprint density at radius 1 is 1.09 bits per heavy atom. The second-order valence-corrected chi connectivity index (χ2v) is 14.1. The molecule has 0 aromatic carbocycles. The van der Waals surface area contributed by atoms with Crippen molar-refractivity contribution in [2.75, 3.05) is 0 Å². The van der Waals surface area contributed by atoms with E-state index < -0.39 is 34.6 Å². The first-order chi connectivity index (χ1) is 16.0. The van der Waals surface area contributed by atoms with Crippen LogP contribution in [0.4, 0.5) is 0 Å². The van der Waals surface area contributed by atoms with E-state index in [1.54, 1.807) is 13.8 Å². The molecule has 0 spiro atoms. The van der Waals surface area contributed by atoms with Crippen molar-refractivity contribution in [3.05, 3.63) is 23.8 Å². The van der Waals surface area contributed by atoms with E-state index in [0.29, 0.717) is 31.1 Å². The topological polar surface area (TPSA) is 98.0 Å². The number of carbonyl (C=O) groups is 1. The van der Waals surface area contributed by atoms with Gasteiger partial charge in [-0.2, -0.15) is 0 Å². The number of fused-ring (bicyclic) bond motifs is 5. The second kappa shape index (κ2) is 8.43. The predicted molar refractivity (Wildman–Crippen MR) is 138 cm³/mol. The molecule has 0 aromatic heterocycles. The summed E-state index contributed by atoms with van der Waals surface area (Å²) >= 11 is 0. The first kappa shape index (κ1) is 26.9. The van der Waals surface area contributed by atoms with Gasteiger partial charge in [0.05, 0.1) is 23.2 Å². The van der Waals surface area contributed by atoms with Crippen LogP contribution in [0.15, 0.2) is 23.8 Å². The first-order valence-electron chi connectivity index (χ1n) is 13.7. The molecule has 0 radical (unpaired) electrons. The van der Waals surface area contributed by atoms with Gasteiger partial charge in [0.1, 0.15) is 0 Å². The van der Waals surface area contributed by atoms with Gasteiger partial charge < -0.3 is 20.4 Å². The lowest BCUT2D eigenvalue weighted by molar-refractivity contribution is -0.205. The van der Waals surface area contributed by atoms with Crippen molar-refractivity contribution in [1.29, 1.82) is 0 Å². The summed E-state index contributed by atoms with van der Waals surface area (Å²) in [4.78, 5) is 13.3. The maximum atomic E-state index is 13.3. The molecule has 4 rings (SSSR count). The Kier molecular flexibility index (Phi) is 6.47. The maximum Gasteiger partial charge on any atom is 0.310 e. The van der Waals surface area contributed by atoms with Crippen LogP contribution < -0.4 is 0 Å². The van der Waals surface area contributed by atoms with Gasteiger partial charge >= 0.3 is 5.97 Å². The van der Waals surface area contributed by atoms with E-state index in [9.17, 15) is 25.2 Å². The number of rotatable bonds is 5. The average Bonchev–Trinajstić information content (AvgIpc) is 3.01. The highest BCUT2D eigenvalue weighted by Gasteiger charge is 2.72. The van der Waals surface area contributed by atoms with Crippen molar-refractivity contribution < 1.29 is 25.2 Å². The Morgan fingerprint density at radius 3 is 2.34 bits per heavy atom. The highest BCUT2D eigenvalue weighted by atomic mass is 16.4. The molecule has 9 atom stereocenters. The number of hydrogen-bond donors (Lipinski definition) is 4. The van der Waals surface area contributed by atoms with Crippen LogP contribution in [0, 0.1) is 45.3 Å². The summed E-state index contributed by atoms with van der Waals surface area (Å²) in [5.41, 5.74) is -1.74. The fraction of sp³-hybridized carbons (Fsp3) is 0.833. The summed E-state index contributed by atoms with van der Waals surface area (Å²) in [5.74, 6) is -0.395. The van der Waals surface area contributed by atoms with E-state index in [4.69, 9.17) is 0 Å². The molecule has 198 valence electrons. The molecule has 2 unspecified atom stereocenters. The van der Waals surface area contributed by atoms with Crippen LogP contribution in [0.2, 0.25) is 0 Å². The smallest absolute Gasteiger partial charge is 0.310 e. The number of aliphatic hydroxyl groups is 3. The van der Waals surface area contributed by atoms with Crippen molar-refractivity contribution in [3.8, 4) is 0 Å². The SMILES string of the molecule is C[C@H](C/C=C/C(C)(C)O)[C@H]1CC[C@@]2(C)C3[C@@H](O)C=C4C(CC[C@H](O)C4(C)C)[C@]3(C(=O)O)CC[C@]12C. The van der Waals surface area contributed by atoms with Crippen LogP contribution >= 0.6 is 0 Å². The van der Waals surface area contributed by atoms with Crippen molar-refractivity contribution in [3.63, 3.8) is 0 Å². The highest BCUT2D eigenvalue weighted by Crippen LogP contribution is 2.75. The van der Waals surface area contributed by atoms with Crippen molar-refractivity contribution in [2.45, 2.75) is 111 Å². The molecular formula is C30H48O5. The summed E-state index contributed by atoms with van der Waals surface area (Å²) in [7, 11) is 0. The third kappa shape index (κ3) is 3.78. The number of allylic oxidation sites excluding steroid dienone is 1. The Morgan fingerprint density at radius 2 is 1.74 bits per heavy atom. The lowest BCUT2D eigenvalue weighted by Gasteiger charge is -2.65. The zero-order chi connectivity index (χ0) is 26.2. The summed E-state index contributed by atoms with van der Waals surface area (Å²) in [5, 5.41) is 43.4. The Labute approximate surface area is 211 Å². The number of aliphatic hydroxyl groups excluding tert-OH is 2. The predicted octanol–water partition coefficient (Wildman–Crippen LogP) is 5.34. The maximum absolute atomic E-state index is 13.3. The molecule has 3 saturated carbocycles. The minimum atomic E-state index is -0.992. The normalized spacial score (nSPS) is 45.9. The number of carboxylic acid groups (broad SMARTS) is 1. The fourth-order valence-corrected chi connectivity index (χ4v) is 9.39. The Hall–Kier alpha value is -1.17. The molecule has 0 heterocycles. The van der Waals surface area contributed by atoms with Gasteiger partial charge in [0, 0.05) is 11.3 Å². The van der Waals surface area contributed by atoms with Crippen molar-refractivity contribution >= 4 is 5.97 Å². The van der Waals surface area contributed by atoms with E-state index in [0.717, 1.165) is 31.3 Å². The zero-order valence-electron chi connectivity index (χ0n) is 22.8. The Bertz CT molecular complexity index is 912. The summed E-state index contributed by atoms with van der Waals surface area (Å²) in [6, 6.07) is 0. The molecule has 4 aliphatic rings. The van der Waals surface area contributed by atoms with Gasteiger partial charge in [0.2, 0.25) is 0 Å². The molecule has 4 N–H and O–H groups in total. The van der Waals surface area contributed by atoms with Crippen LogP contribution in [0.3, 0.4) is 0 Å². The molecule has 35 heavy (non-hydrogen) atoms. The lowest BCUT2D eigenvalue weighted by atomic mass is 9.38. The second-order valence-electron chi connectivity index (χ2n) is 14.1. The third-order valence-electron chi connectivity index (χ3n) is 11.5. The number of aliphatic carboxylic acids is 1.